The lowest BCUT2D eigenvalue weighted by Crippen LogP contribution is -2.46. The predicted molar refractivity (Wildman–Crippen MR) is 100 cm³/mol. The van der Waals surface area contributed by atoms with E-state index in [4.69, 9.17) is 9.52 Å². The van der Waals surface area contributed by atoms with Gasteiger partial charge in [0.1, 0.15) is 5.76 Å². The number of amides is 3. The second kappa shape index (κ2) is 9.07. The Morgan fingerprint density at radius 2 is 2.00 bits per heavy atom. The minimum absolute atomic E-state index is 0.219. The average molecular weight is 385 g/mol. The van der Waals surface area contributed by atoms with Crippen molar-refractivity contribution in [2.75, 3.05) is 13.1 Å². The first-order valence-electron chi connectivity index (χ1n) is 9.18. The molecule has 1 aliphatic heterocycles. The van der Waals surface area contributed by atoms with Crippen molar-refractivity contribution in [3.63, 3.8) is 0 Å². The van der Waals surface area contributed by atoms with Gasteiger partial charge in [0.25, 0.3) is 5.91 Å². The minimum Gasteiger partial charge on any atom is -0.481 e. The monoisotopic (exact) mass is 385 g/mol. The molecule has 148 valence electrons. The highest BCUT2D eigenvalue weighted by atomic mass is 16.4. The van der Waals surface area contributed by atoms with Crippen LogP contribution in [0.1, 0.15) is 34.5 Å². The maximum absolute atomic E-state index is 12.3. The zero-order valence-corrected chi connectivity index (χ0v) is 15.4. The molecule has 1 aromatic carbocycles. The Hall–Kier alpha value is -3.29. The quantitative estimate of drug-likeness (QED) is 0.706. The van der Waals surface area contributed by atoms with Crippen LogP contribution in [0.5, 0.6) is 0 Å². The molecular formula is C20H23N3O5. The van der Waals surface area contributed by atoms with E-state index < -0.39 is 11.9 Å². The van der Waals surface area contributed by atoms with Crippen molar-refractivity contribution in [3.05, 3.63) is 59.5 Å². The standard InChI is InChI=1S/C20H23N3O5/c24-18(21-12-17-7-3-9-28-17)15-5-1-4-14(10-15)11-22-20(27)23-8-2-6-16(13-23)19(25)26/h1,3-5,7,9-10,16H,2,6,8,11-13H2,(H,21,24)(H,22,27)(H,25,26). The maximum atomic E-state index is 12.3. The molecule has 1 atom stereocenters. The van der Waals surface area contributed by atoms with Gasteiger partial charge in [-0.25, -0.2) is 4.79 Å². The molecule has 8 nitrogen and oxygen atoms in total. The van der Waals surface area contributed by atoms with Gasteiger partial charge in [0, 0.05) is 25.2 Å². The number of furan rings is 1. The summed E-state index contributed by atoms with van der Waals surface area (Å²) in [5.74, 6) is -0.950. The summed E-state index contributed by atoms with van der Waals surface area (Å²) in [7, 11) is 0. The van der Waals surface area contributed by atoms with Crippen LogP contribution >= 0.6 is 0 Å². The van der Waals surface area contributed by atoms with E-state index in [1.54, 1.807) is 36.6 Å². The van der Waals surface area contributed by atoms with Gasteiger partial charge in [0.2, 0.25) is 0 Å². The second-order valence-electron chi connectivity index (χ2n) is 6.74. The molecule has 28 heavy (non-hydrogen) atoms. The van der Waals surface area contributed by atoms with Crippen molar-refractivity contribution in [1.82, 2.24) is 15.5 Å². The highest BCUT2D eigenvalue weighted by Gasteiger charge is 2.27. The third-order valence-corrected chi connectivity index (χ3v) is 4.69. The van der Waals surface area contributed by atoms with Crippen LogP contribution < -0.4 is 10.6 Å². The van der Waals surface area contributed by atoms with Crippen molar-refractivity contribution < 1.29 is 23.9 Å². The molecule has 3 rings (SSSR count). The fourth-order valence-corrected chi connectivity index (χ4v) is 3.16. The first-order valence-corrected chi connectivity index (χ1v) is 9.18. The summed E-state index contributed by atoms with van der Waals surface area (Å²) < 4.78 is 5.18. The van der Waals surface area contributed by atoms with E-state index in [2.05, 4.69) is 10.6 Å². The molecule has 0 saturated carbocycles. The van der Waals surface area contributed by atoms with Crippen LogP contribution in [0.4, 0.5) is 4.79 Å². The zero-order chi connectivity index (χ0) is 19.9. The third kappa shape index (κ3) is 5.12. The van der Waals surface area contributed by atoms with E-state index in [9.17, 15) is 14.4 Å². The summed E-state index contributed by atoms with van der Waals surface area (Å²) in [4.78, 5) is 37.3. The van der Waals surface area contributed by atoms with Crippen molar-refractivity contribution >= 4 is 17.9 Å². The lowest BCUT2D eigenvalue weighted by Gasteiger charge is -2.30. The van der Waals surface area contributed by atoms with Gasteiger partial charge in [-0.05, 0) is 42.7 Å². The Balaban J connectivity index is 1.52. The molecule has 1 aliphatic rings. The van der Waals surface area contributed by atoms with Crippen LogP contribution in [0.15, 0.2) is 47.1 Å². The van der Waals surface area contributed by atoms with Crippen LogP contribution in [0, 0.1) is 5.92 Å². The molecule has 3 amide bonds. The van der Waals surface area contributed by atoms with Crippen LogP contribution in [-0.2, 0) is 17.9 Å². The summed E-state index contributed by atoms with van der Waals surface area (Å²) in [6.45, 7) is 1.32. The highest BCUT2D eigenvalue weighted by Crippen LogP contribution is 2.16. The molecule has 0 spiro atoms. The summed E-state index contributed by atoms with van der Waals surface area (Å²) in [5, 5.41) is 14.7. The topological polar surface area (TPSA) is 112 Å². The number of carbonyl (C=O) groups is 3. The number of hydrogen-bond acceptors (Lipinski definition) is 4. The number of carboxylic acid groups (broad SMARTS) is 1. The predicted octanol–water partition coefficient (Wildman–Crippen LogP) is 2.22. The summed E-state index contributed by atoms with van der Waals surface area (Å²) in [6.07, 6.45) is 2.82. The number of nitrogens with zero attached hydrogens (tertiary/aromatic N) is 1. The maximum Gasteiger partial charge on any atom is 0.317 e. The highest BCUT2D eigenvalue weighted by molar-refractivity contribution is 5.94. The van der Waals surface area contributed by atoms with Crippen LogP contribution in [0.3, 0.4) is 0 Å². The Morgan fingerprint density at radius 3 is 2.75 bits per heavy atom. The number of carbonyl (C=O) groups excluding carboxylic acids is 2. The smallest absolute Gasteiger partial charge is 0.317 e. The Bertz CT molecular complexity index is 834. The van der Waals surface area contributed by atoms with Crippen molar-refractivity contribution in [1.29, 1.82) is 0 Å². The summed E-state index contributed by atoms with van der Waals surface area (Å²) in [6, 6.07) is 10.2. The largest absolute Gasteiger partial charge is 0.481 e. The molecule has 1 fully saturated rings. The Morgan fingerprint density at radius 1 is 1.14 bits per heavy atom. The van der Waals surface area contributed by atoms with Gasteiger partial charge in [-0.1, -0.05) is 12.1 Å². The van der Waals surface area contributed by atoms with Gasteiger partial charge in [-0.2, -0.15) is 0 Å². The summed E-state index contributed by atoms with van der Waals surface area (Å²) >= 11 is 0. The van der Waals surface area contributed by atoms with E-state index in [-0.39, 0.29) is 25.0 Å². The second-order valence-corrected chi connectivity index (χ2v) is 6.74. The van der Waals surface area contributed by atoms with Gasteiger partial charge < -0.3 is 25.1 Å². The zero-order valence-electron chi connectivity index (χ0n) is 15.4. The fourth-order valence-electron chi connectivity index (χ4n) is 3.16. The Kier molecular flexibility index (Phi) is 6.31. The normalized spacial score (nSPS) is 16.4. The molecule has 2 heterocycles. The number of likely N-dealkylation sites (tertiary alicyclic amines) is 1. The molecule has 0 bridgehead atoms. The van der Waals surface area contributed by atoms with Gasteiger partial charge in [0.05, 0.1) is 18.7 Å². The van der Waals surface area contributed by atoms with Crippen LogP contribution in [-0.4, -0.2) is 41.0 Å². The van der Waals surface area contributed by atoms with Gasteiger partial charge in [-0.15, -0.1) is 0 Å². The van der Waals surface area contributed by atoms with Gasteiger partial charge in [-0.3, -0.25) is 9.59 Å². The molecule has 0 aliphatic carbocycles. The van der Waals surface area contributed by atoms with Gasteiger partial charge >= 0.3 is 12.0 Å². The van der Waals surface area contributed by atoms with Crippen molar-refractivity contribution in [3.8, 4) is 0 Å². The number of nitrogens with one attached hydrogen (secondary N) is 2. The fraction of sp³-hybridized carbons (Fsp3) is 0.350. The lowest BCUT2D eigenvalue weighted by atomic mass is 9.99. The Labute approximate surface area is 162 Å². The third-order valence-electron chi connectivity index (χ3n) is 4.69. The number of hydrogen-bond donors (Lipinski definition) is 3. The average Bonchev–Trinajstić information content (AvgIpc) is 3.24. The number of rotatable bonds is 6. The van der Waals surface area contributed by atoms with Crippen molar-refractivity contribution in [2.45, 2.75) is 25.9 Å². The molecule has 8 heteroatoms. The van der Waals surface area contributed by atoms with E-state index in [1.165, 1.54) is 4.90 Å². The van der Waals surface area contributed by atoms with Gasteiger partial charge in [0.15, 0.2) is 0 Å². The molecule has 3 N–H and O–H groups in total. The van der Waals surface area contributed by atoms with Crippen LogP contribution in [0.25, 0.3) is 0 Å². The molecule has 2 aromatic rings. The molecule has 0 radical (unpaired) electrons. The van der Waals surface area contributed by atoms with Crippen molar-refractivity contribution in [2.24, 2.45) is 5.92 Å². The molecule has 1 aromatic heterocycles. The first-order chi connectivity index (χ1) is 13.5. The molecular weight excluding hydrogens is 362 g/mol. The first kappa shape index (κ1) is 19.5. The SMILES string of the molecule is O=C(NCc1ccco1)c1cccc(CNC(=O)N2CCCC(C(=O)O)C2)c1. The molecule has 1 unspecified atom stereocenters. The summed E-state index contributed by atoms with van der Waals surface area (Å²) in [5.41, 5.74) is 1.27. The number of carboxylic acids is 1. The molecule has 1 saturated heterocycles. The number of urea groups is 1. The number of benzene rings is 1. The van der Waals surface area contributed by atoms with E-state index in [1.807, 2.05) is 6.07 Å². The minimum atomic E-state index is -0.870. The van der Waals surface area contributed by atoms with E-state index >= 15 is 0 Å². The number of aliphatic carboxylic acids is 1. The lowest BCUT2D eigenvalue weighted by molar-refractivity contribution is -0.143. The van der Waals surface area contributed by atoms with E-state index in [0.717, 1.165) is 5.56 Å². The number of piperidine rings is 1. The van der Waals surface area contributed by atoms with E-state index in [0.29, 0.717) is 37.3 Å². The van der Waals surface area contributed by atoms with Crippen LogP contribution in [0.2, 0.25) is 0 Å².